The second-order valence-corrected chi connectivity index (χ2v) is 7.75. The summed E-state index contributed by atoms with van der Waals surface area (Å²) in [6, 6.07) is 24.6. The van der Waals surface area contributed by atoms with Crippen molar-refractivity contribution in [2.24, 2.45) is 0 Å². The van der Waals surface area contributed by atoms with Crippen LogP contribution in [0.5, 0.6) is 0 Å². The van der Waals surface area contributed by atoms with Crippen LogP contribution in [-0.4, -0.2) is 11.6 Å². The third-order valence-corrected chi connectivity index (χ3v) is 5.66. The zero-order valence-electron chi connectivity index (χ0n) is 16.6. The van der Waals surface area contributed by atoms with Crippen molar-refractivity contribution < 1.29 is 14.0 Å². The molecule has 0 bridgehead atoms. The second kappa shape index (κ2) is 7.81. The SMILES string of the molecule is N#C/C(=C\c1ccc(-c2cccc3c2C(=O)c2ccccc2C3=O)o1)c1ccc(Cl)cc1. The molecule has 0 radical (unpaired) electrons. The fourth-order valence-electron chi connectivity index (χ4n) is 3.88. The van der Waals surface area contributed by atoms with Gasteiger partial charge in [0.05, 0.1) is 11.6 Å². The minimum absolute atomic E-state index is 0.182. The Labute approximate surface area is 189 Å². The molecule has 0 N–H and O–H groups in total. The van der Waals surface area contributed by atoms with E-state index in [0.29, 0.717) is 55.5 Å². The monoisotopic (exact) mass is 435 g/mol. The number of ketones is 2. The van der Waals surface area contributed by atoms with E-state index in [1.807, 2.05) is 0 Å². The molecule has 0 spiro atoms. The van der Waals surface area contributed by atoms with Crippen LogP contribution >= 0.6 is 11.6 Å². The van der Waals surface area contributed by atoms with Crippen LogP contribution in [0.4, 0.5) is 0 Å². The van der Waals surface area contributed by atoms with E-state index in [9.17, 15) is 14.9 Å². The smallest absolute Gasteiger partial charge is 0.195 e. The molecule has 0 aliphatic heterocycles. The van der Waals surface area contributed by atoms with E-state index in [2.05, 4.69) is 6.07 Å². The first-order valence-electron chi connectivity index (χ1n) is 9.86. The first kappa shape index (κ1) is 19.7. The van der Waals surface area contributed by atoms with Crippen molar-refractivity contribution in [3.63, 3.8) is 0 Å². The van der Waals surface area contributed by atoms with E-state index < -0.39 is 0 Å². The van der Waals surface area contributed by atoms with Crippen molar-refractivity contribution in [1.29, 1.82) is 5.26 Å². The highest BCUT2D eigenvalue weighted by molar-refractivity contribution is 6.31. The summed E-state index contributed by atoms with van der Waals surface area (Å²) in [7, 11) is 0. The molecule has 152 valence electrons. The van der Waals surface area contributed by atoms with E-state index in [4.69, 9.17) is 16.0 Å². The Morgan fingerprint density at radius 3 is 2.16 bits per heavy atom. The molecule has 4 nitrogen and oxygen atoms in total. The van der Waals surface area contributed by atoms with Crippen LogP contribution in [0.3, 0.4) is 0 Å². The molecule has 5 heteroatoms. The van der Waals surface area contributed by atoms with Gasteiger partial charge in [-0.2, -0.15) is 5.26 Å². The predicted molar refractivity (Wildman–Crippen MR) is 122 cm³/mol. The number of rotatable bonds is 3. The lowest BCUT2D eigenvalue weighted by atomic mass is 9.81. The van der Waals surface area contributed by atoms with E-state index in [1.165, 1.54) is 0 Å². The number of allylic oxidation sites excluding steroid dienone is 1. The van der Waals surface area contributed by atoms with Crippen LogP contribution in [0.1, 0.15) is 43.2 Å². The number of benzene rings is 3. The highest BCUT2D eigenvalue weighted by Gasteiger charge is 2.32. The standard InChI is InChI=1S/C27H14ClNO3/c28-18-10-8-16(9-11-18)17(15-29)14-19-12-13-24(32-19)22-6-3-7-23-25(22)27(31)21-5-2-1-4-20(21)26(23)30/h1-14H/b17-14+. The van der Waals surface area contributed by atoms with Crippen molar-refractivity contribution in [3.05, 3.63) is 117 Å². The predicted octanol–water partition coefficient (Wildman–Crippen LogP) is 6.44. The number of fused-ring (bicyclic) bond motifs is 2. The third kappa shape index (κ3) is 3.26. The van der Waals surface area contributed by atoms with Gasteiger partial charge in [-0.15, -0.1) is 0 Å². The molecule has 32 heavy (non-hydrogen) atoms. The molecule has 0 saturated heterocycles. The Hall–Kier alpha value is -4.20. The maximum atomic E-state index is 13.2. The summed E-state index contributed by atoms with van der Waals surface area (Å²) in [5, 5.41) is 10.2. The van der Waals surface area contributed by atoms with Gasteiger partial charge in [-0.1, -0.05) is 66.2 Å². The molecule has 0 atom stereocenters. The Balaban J connectivity index is 1.57. The average molecular weight is 436 g/mol. The van der Waals surface area contributed by atoms with Crippen molar-refractivity contribution in [2.75, 3.05) is 0 Å². The molecule has 1 heterocycles. The maximum Gasteiger partial charge on any atom is 0.195 e. The van der Waals surface area contributed by atoms with Crippen LogP contribution in [0.25, 0.3) is 23.0 Å². The van der Waals surface area contributed by atoms with Gasteiger partial charge in [-0.3, -0.25) is 9.59 Å². The van der Waals surface area contributed by atoms with Gasteiger partial charge in [0.15, 0.2) is 11.6 Å². The molecule has 5 rings (SSSR count). The van der Waals surface area contributed by atoms with Gasteiger partial charge >= 0.3 is 0 Å². The summed E-state index contributed by atoms with van der Waals surface area (Å²) >= 11 is 5.93. The number of nitriles is 1. The summed E-state index contributed by atoms with van der Waals surface area (Å²) in [5.41, 5.74) is 3.16. The lowest BCUT2D eigenvalue weighted by molar-refractivity contribution is 0.0979. The van der Waals surface area contributed by atoms with Gasteiger partial charge in [0.2, 0.25) is 0 Å². The van der Waals surface area contributed by atoms with E-state index in [-0.39, 0.29) is 11.6 Å². The first-order valence-corrected chi connectivity index (χ1v) is 10.2. The number of carbonyl (C=O) groups is 2. The molecule has 0 amide bonds. The Kier molecular flexibility index (Phi) is 4.82. The van der Waals surface area contributed by atoms with Crippen molar-refractivity contribution >= 4 is 34.8 Å². The Morgan fingerprint density at radius 1 is 0.781 bits per heavy atom. The van der Waals surface area contributed by atoms with Crippen LogP contribution in [0.15, 0.2) is 83.3 Å². The molecule has 1 aliphatic carbocycles. The lowest BCUT2D eigenvalue weighted by Crippen LogP contribution is -2.21. The van der Waals surface area contributed by atoms with Crippen LogP contribution in [-0.2, 0) is 0 Å². The summed E-state index contributed by atoms with van der Waals surface area (Å²) < 4.78 is 5.97. The largest absolute Gasteiger partial charge is 0.457 e. The number of carbonyl (C=O) groups excluding carboxylic acids is 2. The number of hydrogen-bond donors (Lipinski definition) is 0. The molecule has 4 aromatic rings. The lowest BCUT2D eigenvalue weighted by Gasteiger charge is -2.19. The third-order valence-electron chi connectivity index (χ3n) is 5.41. The Bertz CT molecular complexity index is 1470. The summed E-state index contributed by atoms with van der Waals surface area (Å²) in [6.07, 6.45) is 1.63. The molecule has 0 saturated carbocycles. The number of halogens is 1. The van der Waals surface area contributed by atoms with Gasteiger partial charge in [0.1, 0.15) is 11.5 Å². The zero-order chi connectivity index (χ0) is 22.2. The number of furan rings is 1. The summed E-state index contributed by atoms with van der Waals surface area (Å²) in [5.74, 6) is 0.512. The van der Waals surface area contributed by atoms with Gasteiger partial charge in [-0.05, 0) is 35.9 Å². The normalized spacial score (nSPS) is 12.8. The topological polar surface area (TPSA) is 71.1 Å². The first-order chi connectivity index (χ1) is 15.6. The molecule has 1 aliphatic rings. The molecule has 0 fully saturated rings. The highest BCUT2D eigenvalue weighted by Crippen LogP contribution is 2.35. The fraction of sp³-hybridized carbons (Fsp3) is 0. The van der Waals surface area contributed by atoms with Crippen molar-refractivity contribution in [3.8, 4) is 17.4 Å². The molecule has 3 aromatic carbocycles. The van der Waals surface area contributed by atoms with Crippen molar-refractivity contribution in [1.82, 2.24) is 0 Å². The van der Waals surface area contributed by atoms with Gasteiger partial charge in [0.25, 0.3) is 0 Å². The van der Waals surface area contributed by atoms with Crippen LogP contribution in [0.2, 0.25) is 5.02 Å². The second-order valence-electron chi connectivity index (χ2n) is 7.31. The van der Waals surface area contributed by atoms with Crippen LogP contribution < -0.4 is 0 Å². The molecular formula is C27H14ClNO3. The number of nitrogens with zero attached hydrogens (tertiary/aromatic N) is 1. The van der Waals surface area contributed by atoms with Gasteiger partial charge in [-0.25, -0.2) is 0 Å². The molecule has 1 aromatic heterocycles. The summed E-state index contributed by atoms with van der Waals surface area (Å²) in [6.45, 7) is 0. The zero-order valence-corrected chi connectivity index (χ0v) is 17.4. The average Bonchev–Trinajstić information content (AvgIpc) is 3.29. The van der Waals surface area contributed by atoms with E-state index in [0.717, 1.165) is 0 Å². The minimum atomic E-state index is -0.210. The molecule has 0 unspecified atom stereocenters. The fourth-order valence-corrected chi connectivity index (χ4v) is 4.00. The minimum Gasteiger partial charge on any atom is -0.457 e. The number of hydrogen-bond acceptors (Lipinski definition) is 4. The Morgan fingerprint density at radius 2 is 1.44 bits per heavy atom. The molecular weight excluding hydrogens is 422 g/mol. The highest BCUT2D eigenvalue weighted by atomic mass is 35.5. The van der Waals surface area contributed by atoms with Gasteiger partial charge < -0.3 is 4.42 Å². The summed E-state index contributed by atoms with van der Waals surface area (Å²) in [4.78, 5) is 26.2. The van der Waals surface area contributed by atoms with E-state index in [1.54, 1.807) is 84.9 Å². The van der Waals surface area contributed by atoms with Crippen LogP contribution in [0, 0.1) is 11.3 Å². The van der Waals surface area contributed by atoms with Crippen molar-refractivity contribution in [2.45, 2.75) is 0 Å². The quantitative estimate of drug-likeness (QED) is 0.306. The van der Waals surface area contributed by atoms with Gasteiger partial charge in [0, 0.05) is 32.8 Å². The maximum absolute atomic E-state index is 13.2. The van der Waals surface area contributed by atoms with E-state index >= 15 is 0 Å².